The van der Waals surface area contributed by atoms with Gasteiger partial charge >= 0.3 is 5.97 Å². The van der Waals surface area contributed by atoms with Crippen LogP contribution < -0.4 is 5.32 Å². The lowest BCUT2D eigenvalue weighted by molar-refractivity contribution is -0.143. The van der Waals surface area contributed by atoms with Crippen LogP contribution in [0.15, 0.2) is 24.3 Å². The molecule has 3 aromatic rings. The van der Waals surface area contributed by atoms with Crippen molar-refractivity contribution >= 4 is 22.9 Å². The van der Waals surface area contributed by atoms with Crippen molar-refractivity contribution in [3.05, 3.63) is 57.9 Å². The highest BCUT2D eigenvalue weighted by Crippen LogP contribution is 2.29. The van der Waals surface area contributed by atoms with Gasteiger partial charge in [-0.2, -0.15) is 5.10 Å². The molecule has 1 atom stereocenters. The number of carbonyl (C=O) groups is 2. The van der Waals surface area contributed by atoms with Crippen molar-refractivity contribution in [3.8, 4) is 0 Å². The zero-order chi connectivity index (χ0) is 25.9. The quantitative estimate of drug-likeness (QED) is 0.452. The number of aromatic nitrogens is 3. The number of aryl methyl sites for hydroxylation is 4. The zero-order valence-corrected chi connectivity index (χ0v) is 22.3. The van der Waals surface area contributed by atoms with Gasteiger partial charge in [0.05, 0.1) is 30.3 Å². The molecule has 188 valence electrons. The summed E-state index contributed by atoms with van der Waals surface area (Å²) in [5, 5.41) is 8.86. The molecule has 0 unspecified atom stereocenters. The van der Waals surface area contributed by atoms with Crippen LogP contribution in [0.25, 0.3) is 11.0 Å². The van der Waals surface area contributed by atoms with Crippen molar-refractivity contribution in [2.75, 3.05) is 6.61 Å². The van der Waals surface area contributed by atoms with E-state index in [4.69, 9.17) is 14.8 Å². The maximum Gasteiger partial charge on any atom is 0.308 e. The maximum atomic E-state index is 13.0. The lowest BCUT2D eigenvalue weighted by atomic mass is 9.98. The number of benzene rings is 1. The average Bonchev–Trinajstić information content (AvgIpc) is 3.10. The molecule has 0 fully saturated rings. The van der Waals surface area contributed by atoms with E-state index in [0.717, 1.165) is 44.7 Å². The predicted molar refractivity (Wildman–Crippen MR) is 138 cm³/mol. The van der Waals surface area contributed by atoms with Crippen molar-refractivity contribution in [3.63, 3.8) is 0 Å². The molecular weight excluding hydrogens is 440 g/mol. The van der Waals surface area contributed by atoms with Crippen LogP contribution in [0.4, 0.5) is 0 Å². The van der Waals surface area contributed by atoms with E-state index < -0.39 is 6.04 Å². The molecule has 35 heavy (non-hydrogen) atoms. The highest BCUT2D eigenvalue weighted by molar-refractivity contribution is 5.84. The fourth-order valence-electron chi connectivity index (χ4n) is 4.48. The van der Waals surface area contributed by atoms with Gasteiger partial charge in [0.25, 0.3) is 0 Å². The average molecular weight is 479 g/mol. The van der Waals surface area contributed by atoms with E-state index in [0.29, 0.717) is 19.4 Å². The van der Waals surface area contributed by atoms with Gasteiger partial charge in [-0.3, -0.25) is 9.59 Å². The van der Waals surface area contributed by atoms with Crippen LogP contribution in [-0.4, -0.2) is 33.2 Å². The molecule has 0 bridgehead atoms. The van der Waals surface area contributed by atoms with Crippen molar-refractivity contribution < 1.29 is 14.3 Å². The second kappa shape index (κ2) is 10.6. The Kier molecular flexibility index (Phi) is 7.98. The highest BCUT2D eigenvalue weighted by atomic mass is 16.5. The number of hydrogen-bond donors (Lipinski definition) is 1. The van der Waals surface area contributed by atoms with Crippen molar-refractivity contribution in [1.82, 2.24) is 20.1 Å². The van der Waals surface area contributed by atoms with Crippen LogP contribution >= 0.6 is 0 Å². The van der Waals surface area contributed by atoms with E-state index in [9.17, 15) is 9.59 Å². The first-order valence-electron chi connectivity index (χ1n) is 12.3. The number of nitrogens with zero attached hydrogens (tertiary/aromatic N) is 3. The van der Waals surface area contributed by atoms with Gasteiger partial charge in [0.15, 0.2) is 5.65 Å². The Hall–Kier alpha value is -3.22. The van der Waals surface area contributed by atoms with Crippen molar-refractivity contribution in [1.29, 1.82) is 0 Å². The topological polar surface area (TPSA) is 86.1 Å². The Morgan fingerprint density at radius 3 is 2.31 bits per heavy atom. The van der Waals surface area contributed by atoms with E-state index in [1.54, 1.807) is 6.92 Å². The second-order valence-corrected chi connectivity index (χ2v) is 10.2. The maximum absolute atomic E-state index is 13.0. The summed E-state index contributed by atoms with van der Waals surface area (Å²) < 4.78 is 7.11. The normalized spacial score (nSPS) is 12.6. The summed E-state index contributed by atoms with van der Waals surface area (Å²) in [6.45, 7) is 16.5. The Morgan fingerprint density at radius 1 is 1.06 bits per heavy atom. The molecule has 1 aromatic carbocycles. The van der Waals surface area contributed by atoms with Gasteiger partial charge in [-0.25, -0.2) is 9.67 Å². The largest absolute Gasteiger partial charge is 0.466 e. The number of esters is 1. The summed E-state index contributed by atoms with van der Waals surface area (Å²) in [4.78, 5) is 30.1. The van der Waals surface area contributed by atoms with Gasteiger partial charge in [0.2, 0.25) is 5.91 Å². The standard InChI is InChI=1S/C28H38N4O3/c1-9-35-25(34)16-23(21-12-10-17(2)11-13-21)30-24(33)15-14-22-18(3)26-20(5)31-32(28(6,7)8)27(26)29-19(22)4/h10-13,23H,9,14-16H2,1-8H3,(H,30,33)/t23-/m1/s1. The first-order chi connectivity index (χ1) is 16.4. The number of hydrogen-bond acceptors (Lipinski definition) is 5. The first-order valence-corrected chi connectivity index (χ1v) is 12.3. The molecular formula is C28H38N4O3. The van der Waals surface area contributed by atoms with Gasteiger partial charge in [-0.05, 0) is 78.5 Å². The Balaban J connectivity index is 1.80. The van der Waals surface area contributed by atoms with E-state index in [1.807, 2.05) is 49.7 Å². The monoisotopic (exact) mass is 478 g/mol. The molecule has 7 nitrogen and oxygen atoms in total. The van der Waals surface area contributed by atoms with Crippen LogP contribution in [0.1, 0.15) is 80.2 Å². The number of ether oxygens (including phenoxy) is 1. The van der Waals surface area contributed by atoms with E-state index in [1.165, 1.54) is 0 Å². The smallest absolute Gasteiger partial charge is 0.308 e. The SMILES string of the molecule is CCOC(=O)C[C@@H](NC(=O)CCc1c(C)nc2c(c(C)nn2C(C)(C)C)c1C)c1ccc(C)cc1. The number of amides is 1. The van der Waals surface area contributed by atoms with Gasteiger partial charge in [-0.15, -0.1) is 0 Å². The lowest BCUT2D eigenvalue weighted by Crippen LogP contribution is -2.31. The minimum atomic E-state index is -0.433. The van der Waals surface area contributed by atoms with Crippen LogP contribution in [0.5, 0.6) is 0 Å². The minimum absolute atomic E-state index is 0.0966. The number of nitrogens with one attached hydrogen (secondary N) is 1. The zero-order valence-electron chi connectivity index (χ0n) is 22.3. The molecule has 0 aliphatic heterocycles. The molecule has 1 N–H and O–H groups in total. The van der Waals surface area contributed by atoms with Crippen molar-refractivity contribution in [2.45, 2.75) is 86.2 Å². The number of rotatable bonds is 8. The number of pyridine rings is 1. The van der Waals surface area contributed by atoms with Gasteiger partial charge in [0, 0.05) is 17.5 Å². The summed E-state index contributed by atoms with van der Waals surface area (Å²) in [6, 6.07) is 7.42. The van der Waals surface area contributed by atoms with E-state index in [2.05, 4.69) is 33.0 Å². The third kappa shape index (κ3) is 6.08. The Bertz CT molecular complexity index is 1220. The third-order valence-corrected chi connectivity index (χ3v) is 6.30. The number of carbonyl (C=O) groups excluding carboxylic acids is 2. The molecule has 0 saturated carbocycles. The van der Waals surface area contributed by atoms with Crippen LogP contribution in [-0.2, 0) is 26.3 Å². The summed E-state index contributed by atoms with van der Waals surface area (Å²) in [5.74, 6) is -0.438. The molecule has 0 saturated heterocycles. The minimum Gasteiger partial charge on any atom is -0.466 e. The molecule has 2 aromatic heterocycles. The molecule has 0 spiro atoms. The summed E-state index contributed by atoms with van der Waals surface area (Å²) in [5.41, 5.74) is 6.76. The predicted octanol–water partition coefficient (Wildman–Crippen LogP) is 5.16. The molecule has 2 heterocycles. The molecule has 0 aliphatic rings. The molecule has 3 rings (SSSR count). The third-order valence-electron chi connectivity index (χ3n) is 6.30. The van der Waals surface area contributed by atoms with Crippen LogP contribution in [0, 0.1) is 27.7 Å². The summed E-state index contributed by atoms with van der Waals surface area (Å²) >= 11 is 0. The second-order valence-electron chi connectivity index (χ2n) is 10.2. The highest BCUT2D eigenvalue weighted by Gasteiger charge is 2.24. The Morgan fingerprint density at radius 2 is 1.71 bits per heavy atom. The molecule has 7 heteroatoms. The van der Waals surface area contributed by atoms with Gasteiger partial charge in [0.1, 0.15) is 0 Å². The molecule has 0 radical (unpaired) electrons. The molecule has 1 amide bonds. The fourth-order valence-corrected chi connectivity index (χ4v) is 4.48. The van der Waals surface area contributed by atoms with E-state index in [-0.39, 0.29) is 23.8 Å². The lowest BCUT2D eigenvalue weighted by Gasteiger charge is -2.21. The summed E-state index contributed by atoms with van der Waals surface area (Å²) in [6.07, 6.45) is 0.957. The fraction of sp³-hybridized carbons (Fsp3) is 0.500. The van der Waals surface area contributed by atoms with E-state index >= 15 is 0 Å². The first kappa shape index (κ1) is 26.4. The van der Waals surface area contributed by atoms with Gasteiger partial charge < -0.3 is 10.1 Å². The van der Waals surface area contributed by atoms with Crippen molar-refractivity contribution in [2.24, 2.45) is 0 Å². The van der Waals surface area contributed by atoms with Crippen LogP contribution in [0.2, 0.25) is 0 Å². The summed E-state index contributed by atoms with van der Waals surface area (Å²) in [7, 11) is 0. The molecule has 0 aliphatic carbocycles. The van der Waals surface area contributed by atoms with Gasteiger partial charge in [-0.1, -0.05) is 29.8 Å². The number of fused-ring (bicyclic) bond motifs is 1. The Labute approximate surface area is 208 Å². The van der Waals surface area contributed by atoms with Crippen LogP contribution in [0.3, 0.4) is 0 Å².